The van der Waals surface area contributed by atoms with Gasteiger partial charge in [-0.25, -0.2) is 4.39 Å². The topological polar surface area (TPSA) is 69.6 Å². The summed E-state index contributed by atoms with van der Waals surface area (Å²) in [4.78, 5) is 24.4. The number of benzene rings is 1. The van der Waals surface area contributed by atoms with Gasteiger partial charge in [-0.05, 0) is 24.7 Å². The number of nitrogens with zero attached hydrogens (tertiary/aromatic N) is 1. The monoisotopic (exact) mass is 316 g/mol. The van der Waals surface area contributed by atoms with Crippen LogP contribution in [0.4, 0.5) is 10.1 Å². The van der Waals surface area contributed by atoms with Gasteiger partial charge < -0.3 is 10.4 Å². The SMILES string of the molecule is CCN(CC(=O)Nc1ccc(Cl)cc1F)CC(C)C(=O)O. The third-order valence-corrected chi connectivity index (χ3v) is 3.21. The predicted octanol–water partition coefficient (Wildman–Crippen LogP) is 2.46. The number of carbonyl (C=O) groups excluding carboxylic acids is 1. The van der Waals surface area contributed by atoms with Crippen LogP contribution in [0.5, 0.6) is 0 Å². The molecular formula is C14H18ClFN2O3. The first-order valence-corrected chi connectivity index (χ1v) is 6.91. The Bertz CT molecular complexity index is 525. The van der Waals surface area contributed by atoms with Gasteiger partial charge in [0.25, 0.3) is 0 Å². The van der Waals surface area contributed by atoms with Gasteiger partial charge in [-0.1, -0.05) is 25.4 Å². The molecule has 116 valence electrons. The molecule has 1 aromatic rings. The molecule has 0 aliphatic carbocycles. The number of nitrogens with one attached hydrogen (secondary N) is 1. The highest BCUT2D eigenvalue weighted by Crippen LogP contribution is 2.18. The lowest BCUT2D eigenvalue weighted by atomic mass is 10.1. The maximum Gasteiger partial charge on any atom is 0.307 e. The molecule has 5 nitrogen and oxygen atoms in total. The van der Waals surface area contributed by atoms with Gasteiger partial charge in [-0.3, -0.25) is 14.5 Å². The first kappa shape index (κ1) is 17.4. The number of carbonyl (C=O) groups is 2. The Balaban J connectivity index is 2.60. The molecule has 1 amide bonds. The fourth-order valence-electron chi connectivity index (χ4n) is 1.75. The van der Waals surface area contributed by atoms with E-state index < -0.39 is 23.6 Å². The fourth-order valence-corrected chi connectivity index (χ4v) is 1.91. The number of hydrogen-bond donors (Lipinski definition) is 2. The summed E-state index contributed by atoms with van der Waals surface area (Å²) in [6.07, 6.45) is 0. The zero-order valence-corrected chi connectivity index (χ0v) is 12.7. The van der Waals surface area contributed by atoms with Gasteiger partial charge in [0.1, 0.15) is 5.82 Å². The second-order valence-corrected chi connectivity index (χ2v) is 5.18. The van der Waals surface area contributed by atoms with Crippen molar-refractivity contribution in [3.8, 4) is 0 Å². The summed E-state index contributed by atoms with van der Waals surface area (Å²) in [7, 11) is 0. The number of amides is 1. The van der Waals surface area contributed by atoms with E-state index in [0.29, 0.717) is 6.54 Å². The van der Waals surface area contributed by atoms with Crippen molar-refractivity contribution in [3.63, 3.8) is 0 Å². The summed E-state index contributed by atoms with van der Waals surface area (Å²) < 4.78 is 13.6. The summed E-state index contributed by atoms with van der Waals surface area (Å²) >= 11 is 5.63. The number of aliphatic carboxylic acids is 1. The molecule has 0 saturated heterocycles. The number of carboxylic acid groups (broad SMARTS) is 1. The summed E-state index contributed by atoms with van der Waals surface area (Å²) in [6, 6.07) is 3.97. The predicted molar refractivity (Wildman–Crippen MR) is 79.0 cm³/mol. The number of likely N-dealkylation sites (N-methyl/N-ethyl adjacent to an activating group) is 1. The van der Waals surface area contributed by atoms with E-state index in [2.05, 4.69) is 5.32 Å². The van der Waals surface area contributed by atoms with Crippen LogP contribution in [0, 0.1) is 11.7 Å². The van der Waals surface area contributed by atoms with Crippen LogP contribution in [0.3, 0.4) is 0 Å². The average molecular weight is 317 g/mol. The fraction of sp³-hybridized carbons (Fsp3) is 0.429. The van der Waals surface area contributed by atoms with Gasteiger partial charge in [0.2, 0.25) is 5.91 Å². The molecule has 1 unspecified atom stereocenters. The Kier molecular flexibility index (Phi) is 6.58. The minimum absolute atomic E-state index is 0.00378. The van der Waals surface area contributed by atoms with Crippen molar-refractivity contribution in [1.82, 2.24) is 4.90 Å². The lowest BCUT2D eigenvalue weighted by Gasteiger charge is -2.21. The van der Waals surface area contributed by atoms with Crippen LogP contribution in [0.15, 0.2) is 18.2 Å². The third-order valence-electron chi connectivity index (χ3n) is 2.97. The van der Waals surface area contributed by atoms with E-state index in [0.717, 1.165) is 6.07 Å². The molecule has 2 N–H and O–H groups in total. The van der Waals surface area contributed by atoms with E-state index >= 15 is 0 Å². The molecule has 0 heterocycles. The maximum absolute atomic E-state index is 13.6. The molecule has 0 bridgehead atoms. The summed E-state index contributed by atoms with van der Waals surface area (Å²) in [6.45, 7) is 4.17. The zero-order chi connectivity index (χ0) is 16.0. The molecule has 21 heavy (non-hydrogen) atoms. The lowest BCUT2D eigenvalue weighted by molar-refractivity contribution is -0.142. The normalized spacial score (nSPS) is 12.2. The Morgan fingerprint density at radius 1 is 1.48 bits per heavy atom. The standard InChI is InChI=1S/C14H18ClFN2O3/c1-3-18(7-9(2)14(20)21)8-13(19)17-12-5-4-10(15)6-11(12)16/h4-6,9H,3,7-8H2,1-2H3,(H,17,19)(H,20,21). The smallest absolute Gasteiger partial charge is 0.307 e. The molecule has 0 spiro atoms. The summed E-state index contributed by atoms with van der Waals surface area (Å²) in [5.74, 6) is -2.52. The third kappa shape index (κ3) is 5.69. The van der Waals surface area contributed by atoms with Crippen molar-refractivity contribution in [3.05, 3.63) is 29.0 Å². The number of rotatable bonds is 7. The van der Waals surface area contributed by atoms with Crippen molar-refractivity contribution in [2.75, 3.05) is 25.0 Å². The molecule has 0 aliphatic rings. The highest BCUT2D eigenvalue weighted by Gasteiger charge is 2.17. The minimum atomic E-state index is -0.919. The van der Waals surface area contributed by atoms with E-state index in [1.165, 1.54) is 12.1 Å². The minimum Gasteiger partial charge on any atom is -0.481 e. The molecule has 1 rings (SSSR count). The van der Waals surface area contributed by atoms with E-state index in [9.17, 15) is 14.0 Å². The van der Waals surface area contributed by atoms with Crippen molar-refractivity contribution in [2.24, 2.45) is 5.92 Å². The highest BCUT2D eigenvalue weighted by atomic mass is 35.5. The number of halogens is 2. The quantitative estimate of drug-likeness (QED) is 0.810. The van der Waals surface area contributed by atoms with Crippen molar-refractivity contribution >= 4 is 29.2 Å². The molecule has 0 radical (unpaired) electrons. The molecule has 0 saturated carbocycles. The molecule has 0 fully saturated rings. The number of hydrogen-bond acceptors (Lipinski definition) is 3. The molecular weight excluding hydrogens is 299 g/mol. The van der Waals surface area contributed by atoms with Gasteiger partial charge in [-0.2, -0.15) is 0 Å². The Labute approximate surface area is 127 Å². The van der Waals surface area contributed by atoms with Crippen LogP contribution in [-0.2, 0) is 9.59 Å². The van der Waals surface area contributed by atoms with Crippen molar-refractivity contribution < 1.29 is 19.1 Å². The van der Waals surface area contributed by atoms with Gasteiger partial charge in [0.05, 0.1) is 18.2 Å². The van der Waals surface area contributed by atoms with Gasteiger partial charge in [0.15, 0.2) is 0 Å². The molecule has 1 aromatic carbocycles. The van der Waals surface area contributed by atoms with E-state index in [1.807, 2.05) is 6.92 Å². The van der Waals surface area contributed by atoms with Crippen molar-refractivity contribution in [1.29, 1.82) is 0 Å². The zero-order valence-electron chi connectivity index (χ0n) is 11.9. The molecule has 0 aliphatic heterocycles. The molecule has 1 atom stereocenters. The Morgan fingerprint density at radius 2 is 2.14 bits per heavy atom. The van der Waals surface area contributed by atoms with Crippen molar-refractivity contribution in [2.45, 2.75) is 13.8 Å². The lowest BCUT2D eigenvalue weighted by Crippen LogP contribution is -2.37. The number of anilines is 1. The van der Waals surface area contributed by atoms with Gasteiger partial charge in [0, 0.05) is 11.6 Å². The largest absolute Gasteiger partial charge is 0.481 e. The first-order chi connectivity index (χ1) is 9.83. The van der Waals surface area contributed by atoms with E-state index in [-0.39, 0.29) is 23.8 Å². The average Bonchev–Trinajstić information content (AvgIpc) is 2.40. The molecule has 7 heteroatoms. The van der Waals surface area contributed by atoms with Crippen LogP contribution in [0.1, 0.15) is 13.8 Å². The highest BCUT2D eigenvalue weighted by molar-refractivity contribution is 6.30. The summed E-state index contributed by atoms with van der Waals surface area (Å²) in [5.41, 5.74) is 0.0479. The van der Waals surface area contributed by atoms with Crippen LogP contribution < -0.4 is 5.32 Å². The molecule has 0 aromatic heterocycles. The Hall–Kier alpha value is -1.66. The van der Waals surface area contributed by atoms with Crippen LogP contribution in [-0.4, -0.2) is 41.5 Å². The first-order valence-electron chi connectivity index (χ1n) is 6.53. The second kappa shape index (κ2) is 7.95. The van der Waals surface area contributed by atoms with E-state index in [4.69, 9.17) is 16.7 Å². The van der Waals surface area contributed by atoms with Crippen LogP contribution in [0.2, 0.25) is 5.02 Å². The summed E-state index contributed by atoms with van der Waals surface area (Å²) in [5, 5.41) is 11.6. The van der Waals surface area contributed by atoms with E-state index in [1.54, 1.807) is 11.8 Å². The maximum atomic E-state index is 13.6. The number of carboxylic acids is 1. The van der Waals surface area contributed by atoms with Crippen LogP contribution >= 0.6 is 11.6 Å². The Morgan fingerprint density at radius 3 is 2.67 bits per heavy atom. The van der Waals surface area contributed by atoms with Gasteiger partial charge in [-0.15, -0.1) is 0 Å². The van der Waals surface area contributed by atoms with Crippen LogP contribution in [0.25, 0.3) is 0 Å². The second-order valence-electron chi connectivity index (χ2n) is 4.74. The van der Waals surface area contributed by atoms with Gasteiger partial charge >= 0.3 is 5.97 Å².